The van der Waals surface area contributed by atoms with E-state index in [1.54, 1.807) is 18.2 Å². The molecule has 0 N–H and O–H groups in total. The summed E-state index contributed by atoms with van der Waals surface area (Å²) in [5.74, 6) is -0.336. The van der Waals surface area contributed by atoms with Gasteiger partial charge in [0.05, 0.1) is 11.6 Å². The summed E-state index contributed by atoms with van der Waals surface area (Å²) in [7, 11) is 0. The molecular formula is C14H9F2NS. The Kier molecular flexibility index (Phi) is 3.96. The number of thioether (sulfide) groups is 1. The third-order valence-electron chi connectivity index (χ3n) is 2.41. The molecule has 90 valence electrons. The average molecular weight is 261 g/mol. The predicted octanol–water partition coefficient (Wildman–Crippen LogP) is 4.13. The van der Waals surface area contributed by atoms with Gasteiger partial charge in [-0.05, 0) is 35.9 Å². The van der Waals surface area contributed by atoms with Gasteiger partial charge in [0.2, 0.25) is 0 Å². The van der Waals surface area contributed by atoms with Gasteiger partial charge in [-0.3, -0.25) is 0 Å². The molecule has 0 spiro atoms. The number of benzene rings is 2. The highest BCUT2D eigenvalue weighted by Gasteiger charge is 2.06. The summed E-state index contributed by atoms with van der Waals surface area (Å²) in [6.45, 7) is 0. The quantitative estimate of drug-likeness (QED) is 0.776. The van der Waals surface area contributed by atoms with Crippen molar-refractivity contribution in [2.24, 2.45) is 0 Å². The smallest absolute Gasteiger partial charge is 0.136 e. The number of nitrogens with zero attached hydrogens (tertiary/aromatic N) is 1. The van der Waals surface area contributed by atoms with Gasteiger partial charge >= 0.3 is 0 Å². The van der Waals surface area contributed by atoms with Gasteiger partial charge in [0.15, 0.2) is 0 Å². The molecule has 0 atom stereocenters. The lowest BCUT2D eigenvalue weighted by Crippen LogP contribution is -1.90. The van der Waals surface area contributed by atoms with Gasteiger partial charge in [-0.15, -0.1) is 11.8 Å². The molecule has 1 nitrogen and oxygen atoms in total. The zero-order valence-electron chi connectivity index (χ0n) is 9.36. The molecule has 0 aliphatic carbocycles. The van der Waals surface area contributed by atoms with E-state index in [1.165, 1.54) is 36.0 Å². The number of halogens is 2. The molecule has 0 bridgehead atoms. The van der Waals surface area contributed by atoms with Gasteiger partial charge in [0, 0.05) is 10.6 Å². The van der Waals surface area contributed by atoms with Crippen LogP contribution in [0.4, 0.5) is 8.78 Å². The highest BCUT2D eigenvalue weighted by atomic mass is 32.2. The van der Waals surface area contributed by atoms with Gasteiger partial charge in [-0.1, -0.05) is 12.1 Å². The largest absolute Gasteiger partial charge is 0.207 e. The Labute approximate surface area is 108 Å². The minimum Gasteiger partial charge on any atom is -0.207 e. The lowest BCUT2D eigenvalue weighted by Gasteiger charge is -2.05. The minimum absolute atomic E-state index is 0.308. The van der Waals surface area contributed by atoms with Crippen molar-refractivity contribution >= 4 is 11.8 Å². The summed E-state index contributed by atoms with van der Waals surface area (Å²) in [4.78, 5) is 0.491. The molecule has 0 aliphatic heterocycles. The molecule has 2 aromatic carbocycles. The van der Waals surface area contributed by atoms with E-state index in [0.29, 0.717) is 21.8 Å². The fourth-order valence-electron chi connectivity index (χ4n) is 1.51. The Morgan fingerprint density at radius 2 is 1.89 bits per heavy atom. The summed E-state index contributed by atoms with van der Waals surface area (Å²) in [5, 5.41) is 8.91. The highest BCUT2D eigenvalue weighted by Crippen LogP contribution is 2.26. The molecule has 18 heavy (non-hydrogen) atoms. The van der Waals surface area contributed by atoms with Crippen LogP contribution in [0.3, 0.4) is 0 Å². The summed E-state index contributed by atoms with van der Waals surface area (Å²) >= 11 is 1.25. The molecular weight excluding hydrogens is 252 g/mol. The Hall–Kier alpha value is -1.86. The number of hydrogen-bond acceptors (Lipinski definition) is 2. The number of hydrogen-bond donors (Lipinski definition) is 0. The molecule has 0 aliphatic rings. The third kappa shape index (κ3) is 2.88. The molecule has 2 rings (SSSR count). The van der Waals surface area contributed by atoms with Crippen LogP contribution in [-0.2, 0) is 5.75 Å². The van der Waals surface area contributed by atoms with Crippen LogP contribution in [0.1, 0.15) is 11.1 Å². The molecule has 0 heterocycles. The highest BCUT2D eigenvalue weighted by molar-refractivity contribution is 7.98. The van der Waals surface area contributed by atoms with E-state index in [1.807, 2.05) is 6.07 Å². The molecule has 0 radical (unpaired) electrons. The van der Waals surface area contributed by atoms with Crippen LogP contribution in [-0.4, -0.2) is 0 Å². The summed E-state index contributed by atoms with van der Waals surface area (Å²) in [6, 6.07) is 12.4. The monoisotopic (exact) mass is 261 g/mol. The van der Waals surface area contributed by atoms with Gasteiger partial charge in [-0.2, -0.15) is 5.26 Å². The Morgan fingerprint density at radius 3 is 2.61 bits per heavy atom. The second kappa shape index (κ2) is 5.65. The Morgan fingerprint density at radius 1 is 1.11 bits per heavy atom. The molecule has 0 saturated heterocycles. The van der Waals surface area contributed by atoms with Crippen molar-refractivity contribution in [1.82, 2.24) is 0 Å². The lowest BCUT2D eigenvalue weighted by molar-refractivity contribution is 0.602. The van der Waals surface area contributed by atoms with Crippen molar-refractivity contribution in [3.63, 3.8) is 0 Å². The topological polar surface area (TPSA) is 23.8 Å². The van der Waals surface area contributed by atoms with E-state index in [-0.39, 0.29) is 5.82 Å². The Balaban J connectivity index is 2.18. The second-order valence-corrected chi connectivity index (χ2v) is 4.65. The van der Waals surface area contributed by atoms with Gasteiger partial charge in [0.25, 0.3) is 0 Å². The van der Waals surface area contributed by atoms with Crippen molar-refractivity contribution in [3.05, 3.63) is 65.2 Å². The normalized spacial score (nSPS) is 10.1. The molecule has 0 saturated carbocycles. The maximum Gasteiger partial charge on any atom is 0.136 e. The summed E-state index contributed by atoms with van der Waals surface area (Å²) < 4.78 is 26.5. The predicted molar refractivity (Wildman–Crippen MR) is 67.1 cm³/mol. The van der Waals surface area contributed by atoms with Gasteiger partial charge in [-0.25, -0.2) is 8.78 Å². The first kappa shape index (κ1) is 12.6. The summed E-state index contributed by atoms with van der Waals surface area (Å²) in [5.41, 5.74) is 0.992. The molecule has 2 aromatic rings. The fourth-order valence-corrected chi connectivity index (χ4v) is 2.44. The molecule has 4 heteroatoms. The van der Waals surface area contributed by atoms with Crippen LogP contribution < -0.4 is 0 Å². The van der Waals surface area contributed by atoms with Crippen LogP contribution >= 0.6 is 11.8 Å². The van der Waals surface area contributed by atoms with E-state index in [2.05, 4.69) is 0 Å². The summed E-state index contributed by atoms with van der Waals surface area (Å²) in [6.07, 6.45) is 0. The van der Waals surface area contributed by atoms with Crippen molar-refractivity contribution in [1.29, 1.82) is 5.26 Å². The minimum atomic E-state index is -0.391. The first-order valence-electron chi connectivity index (χ1n) is 5.26. The van der Waals surface area contributed by atoms with Crippen LogP contribution in [0.2, 0.25) is 0 Å². The molecule has 0 aromatic heterocycles. The van der Waals surface area contributed by atoms with Gasteiger partial charge < -0.3 is 0 Å². The van der Waals surface area contributed by atoms with Crippen LogP contribution in [0.25, 0.3) is 0 Å². The van der Waals surface area contributed by atoms with Crippen molar-refractivity contribution in [2.75, 3.05) is 0 Å². The second-order valence-electron chi connectivity index (χ2n) is 3.63. The van der Waals surface area contributed by atoms with Crippen LogP contribution in [0.5, 0.6) is 0 Å². The first-order valence-corrected chi connectivity index (χ1v) is 6.25. The molecule has 0 unspecified atom stereocenters. The maximum absolute atomic E-state index is 13.4. The lowest BCUT2D eigenvalue weighted by atomic mass is 10.1. The Bertz CT molecular complexity index is 605. The van der Waals surface area contributed by atoms with Crippen molar-refractivity contribution in [3.8, 4) is 6.07 Å². The van der Waals surface area contributed by atoms with Crippen molar-refractivity contribution in [2.45, 2.75) is 10.6 Å². The molecule has 0 fully saturated rings. The van der Waals surface area contributed by atoms with Crippen LogP contribution in [0, 0.1) is 23.0 Å². The van der Waals surface area contributed by atoms with E-state index in [0.717, 1.165) is 0 Å². The van der Waals surface area contributed by atoms with Gasteiger partial charge in [0.1, 0.15) is 11.6 Å². The zero-order chi connectivity index (χ0) is 13.0. The first-order chi connectivity index (χ1) is 8.70. The molecule has 0 amide bonds. The van der Waals surface area contributed by atoms with Crippen molar-refractivity contribution < 1.29 is 8.78 Å². The average Bonchev–Trinajstić information content (AvgIpc) is 2.38. The maximum atomic E-state index is 13.4. The van der Waals surface area contributed by atoms with Crippen LogP contribution in [0.15, 0.2) is 47.4 Å². The SMILES string of the molecule is N#Cc1ccc(F)cc1CSc1ccccc1F. The number of rotatable bonds is 3. The number of nitriles is 1. The fraction of sp³-hybridized carbons (Fsp3) is 0.0714. The van der Waals surface area contributed by atoms with E-state index in [4.69, 9.17) is 5.26 Å². The third-order valence-corrected chi connectivity index (χ3v) is 3.50. The van der Waals surface area contributed by atoms with E-state index >= 15 is 0 Å². The standard InChI is InChI=1S/C14H9F2NS/c15-12-6-5-10(8-17)11(7-12)9-18-14-4-2-1-3-13(14)16/h1-7H,9H2. The van der Waals surface area contributed by atoms with E-state index in [9.17, 15) is 8.78 Å². The zero-order valence-corrected chi connectivity index (χ0v) is 10.2. The van der Waals surface area contributed by atoms with E-state index < -0.39 is 5.82 Å².